The molecule has 1 aliphatic heterocycles. The van der Waals surface area contributed by atoms with Crippen molar-refractivity contribution < 1.29 is 18.7 Å². The number of thioether (sulfide) groups is 1. The van der Waals surface area contributed by atoms with Crippen LogP contribution in [0.15, 0.2) is 34.9 Å². The van der Waals surface area contributed by atoms with Crippen LogP contribution in [0, 0.1) is 17.1 Å². The monoisotopic (exact) mass is 292 g/mol. The second kappa shape index (κ2) is 5.75. The van der Waals surface area contributed by atoms with Crippen LogP contribution in [0.4, 0.5) is 10.1 Å². The lowest BCUT2D eigenvalue weighted by Crippen LogP contribution is -2.26. The molecule has 5 nitrogen and oxygen atoms in total. The largest absolute Gasteiger partial charge is 0.465 e. The average Bonchev–Trinajstić information content (AvgIpc) is 2.82. The number of rotatable bonds is 2. The van der Waals surface area contributed by atoms with Crippen molar-refractivity contribution in [3.05, 3.63) is 40.7 Å². The minimum Gasteiger partial charge on any atom is -0.465 e. The summed E-state index contributed by atoms with van der Waals surface area (Å²) in [7, 11) is 1.13. The second-order valence-corrected chi connectivity index (χ2v) is 4.72. The third-order valence-electron chi connectivity index (χ3n) is 2.59. The van der Waals surface area contributed by atoms with Crippen molar-refractivity contribution in [3.63, 3.8) is 0 Å². The van der Waals surface area contributed by atoms with Gasteiger partial charge < -0.3 is 4.74 Å². The first-order chi connectivity index (χ1) is 9.60. The van der Waals surface area contributed by atoms with Crippen molar-refractivity contribution in [1.82, 2.24) is 0 Å². The molecular weight excluding hydrogens is 283 g/mol. The summed E-state index contributed by atoms with van der Waals surface area (Å²) < 4.78 is 18.3. The fourth-order valence-electron chi connectivity index (χ4n) is 1.72. The molecule has 2 rings (SSSR count). The summed E-state index contributed by atoms with van der Waals surface area (Å²) in [5.74, 6) is -1.83. The molecule has 0 aliphatic carbocycles. The number of methoxy groups -OCH3 is 1. The van der Waals surface area contributed by atoms with Crippen LogP contribution in [-0.4, -0.2) is 24.7 Å². The zero-order valence-electron chi connectivity index (χ0n) is 10.4. The van der Waals surface area contributed by atoms with E-state index in [1.807, 2.05) is 0 Å². The molecule has 0 N–H and O–H groups in total. The summed E-state index contributed by atoms with van der Waals surface area (Å²) in [5, 5.41) is 9.15. The van der Waals surface area contributed by atoms with Gasteiger partial charge in [-0.05, 0) is 12.1 Å². The molecular formula is C13H9FN2O3S. The first-order valence-electron chi connectivity index (χ1n) is 5.53. The molecule has 1 amide bonds. The molecule has 1 aliphatic rings. The maximum atomic E-state index is 13.8. The Morgan fingerprint density at radius 1 is 1.50 bits per heavy atom. The highest BCUT2D eigenvalue weighted by Crippen LogP contribution is 2.37. The van der Waals surface area contributed by atoms with Gasteiger partial charge in [0.1, 0.15) is 16.9 Å². The first kappa shape index (κ1) is 14.1. The number of carbonyl (C=O) groups excluding carboxylic acids is 2. The summed E-state index contributed by atoms with van der Waals surface area (Å²) >= 11 is 1.00. The van der Waals surface area contributed by atoms with Crippen molar-refractivity contribution in [1.29, 1.82) is 5.26 Å². The van der Waals surface area contributed by atoms with Gasteiger partial charge in [-0.3, -0.25) is 9.69 Å². The van der Waals surface area contributed by atoms with Gasteiger partial charge in [0.2, 0.25) is 5.91 Å². The number of amides is 1. The van der Waals surface area contributed by atoms with Crippen LogP contribution in [0.25, 0.3) is 0 Å². The lowest BCUT2D eigenvalue weighted by molar-refractivity contribution is -0.135. The smallest absolute Gasteiger partial charge is 0.351 e. The number of benzene rings is 1. The first-order valence-corrected chi connectivity index (χ1v) is 6.51. The van der Waals surface area contributed by atoms with Gasteiger partial charge in [-0.1, -0.05) is 23.9 Å². The highest BCUT2D eigenvalue weighted by molar-refractivity contribution is 8.04. The molecule has 1 heterocycles. The topological polar surface area (TPSA) is 70.4 Å². The summed E-state index contributed by atoms with van der Waals surface area (Å²) in [5.41, 5.74) is -0.305. The number of ether oxygens (including phenoxy) is 1. The molecule has 20 heavy (non-hydrogen) atoms. The van der Waals surface area contributed by atoms with Crippen molar-refractivity contribution in [2.75, 3.05) is 17.8 Å². The Morgan fingerprint density at radius 2 is 2.20 bits per heavy atom. The maximum Gasteiger partial charge on any atom is 0.351 e. The number of anilines is 1. The van der Waals surface area contributed by atoms with E-state index in [4.69, 9.17) is 5.26 Å². The standard InChI is InChI=1S/C13H9FN2O3S/c1-19-13(18)8(6-15)12-16(11(17)7-20-12)10-5-3-2-4-9(10)14/h2-5H,7H2,1H3. The molecule has 0 unspecified atom stereocenters. The van der Waals surface area contributed by atoms with Gasteiger partial charge in [0.05, 0.1) is 18.6 Å². The highest BCUT2D eigenvalue weighted by Gasteiger charge is 2.34. The number of nitrogens with zero attached hydrogens (tertiary/aromatic N) is 2. The number of nitriles is 1. The number of halogens is 1. The van der Waals surface area contributed by atoms with E-state index in [9.17, 15) is 14.0 Å². The zero-order chi connectivity index (χ0) is 14.7. The Kier molecular flexibility index (Phi) is 4.05. The van der Waals surface area contributed by atoms with Crippen LogP contribution in [0.3, 0.4) is 0 Å². The van der Waals surface area contributed by atoms with E-state index in [1.165, 1.54) is 18.2 Å². The maximum absolute atomic E-state index is 13.8. The van der Waals surface area contributed by atoms with Gasteiger partial charge in [-0.2, -0.15) is 5.26 Å². The second-order valence-electron chi connectivity index (χ2n) is 3.75. The van der Waals surface area contributed by atoms with Gasteiger partial charge in [0.15, 0.2) is 5.57 Å². The summed E-state index contributed by atoms with van der Waals surface area (Å²) in [6, 6.07) is 7.37. The number of carbonyl (C=O) groups is 2. The molecule has 0 spiro atoms. The van der Waals surface area contributed by atoms with Crippen molar-refractivity contribution in [2.45, 2.75) is 0 Å². The molecule has 1 saturated heterocycles. The molecule has 7 heteroatoms. The molecule has 1 aromatic rings. The Labute approximate surface area is 118 Å². The Morgan fingerprint density at radius 3 is 2.80 bits per heavy atom. The number of hydrogen-bond donors (Lipinski definition) is 0. The van der Waals surface area contributed by atoms with Crippen molar-refractivity contribution in [2.24, 2.45) is 0 Å². The molecule has 102 valence electrons. The summed E-state index contributed by atoms with van der Waals surface area (Å²) in [6.07, 6.45) is 0. The fourth-order valence-corrected chi connectivity index (χ4v) is 2.71. The summed E-state index contributed by atoms with van der Waals surface area (Å²) in [6.45, 7) is 0. The number of hydrogen-bond acceptors (Lipinski definition) is 5. The third kappa shape index (κ3) is 2.38. The van der Waals surface area contributed by atoms with E-state index < -0.39 is 17.7 Å². The van der Waals surface area contributed by atoms with E-state index in [0.717, 1.165) is 23.8 Å². The van der Waals surface area contributed by atoms with Crippen molar-refractivity contribution >= 4 is 29.3 Å². The van der Waals surface area contributed by atoms with E-state index in [-0.39, 0.29) is 22.0 Å². The Balaban J connectivity index is 2.58. The number of para-hydroxylation sites is 1. The van der Waals surface area contributed by atoms with Gasteiger partial charge in [-0.15, -0.1) is 0 Å². The molecule has 0 radical (unpaired) electrons. The predicted octanol–water partition coefficient (Wildman–Crippen LogP) is 1.81. The van der Waals surface area contributed by atoms with Crippen LogP contribution >= 0.6 is 11.8 Å². The fraction of sp³-hybridized carbons (Fsp3) is 0.154. The van der Waals surface area contributed by atoms with Gasteiger partial charge in [0, 0.05) is 0 Å². The quantitative estimate of drug-likeness (QED) is 0.472. The Hall–Kier alpha value is -2.33. The van der Waals surface area contributed by atoms with E-state index >= 15 is 0 Å². The lowest BCUT2D eigenvalue weighted by atomic mass is 10.2. The SMILES string of the molecule is COC(=O)C(C#N)=C1SCC(=O)N1c1ccccc1F. The summed E-state index contributed by atoms with van der Waals surface area (Å²) in [4.78, 5) is 24.5. The van der Waals surface area contributed by atoms with Gasteiger partial charge in [-0.25, -0.2) is 9.18 Å². The van der Waals surface area contributed by atoms with E-state index in [1.54, 1.807) is 12.1 Å². The van der Waals surface area contributed by atoms with E-state index in [0.29, 0.717) is 0 Å². The van der Waals surface area contributed by atoms with Crippen LogP contribution in [0.1, 0.15) is 0 Å². The highest BCUT2D eigenvalue weighted by atomic mass is 32.2. The van der Waals surface area contributed by atoms with Crippen molar-refractivity contribution in [3.8, 4) is 6.07 Å². The van der Waals surface area contributed by atoms with Gasteiger partial charge >= 0.3 is 5.97 Å². The number of esters is 1. The van der Waals surface area contributed by atoms with Crippen LogP contribution < -0.4 is 4.90 Å². The normalized spacial score (nSPS) is 16.9. The molecule has 0 bridgehead atoms. The lowest BCUT2D eigenvalue weighted by Gasteiger charge is -2.18. The van der Waals surface area contributed by atoms with Crippen LogP contribution in [0.2, 0.25) is 0 Å². The zero-order valence-corrected chi connectivity index (χ0v) is 11.2. The van der Waals surface area contributed by atoms with Gasteiger partial charge in [0.25, 0.3) is 0 Å². The molecule has 0 saturated carbocycles. The minimum absolute atomic E-state index is 0.00848. The molecule has 0 aromatic heterocycles. The molecule has 1 aromatic carbocycles. The third-order valence-corrected chi connectivity index (χ3v) is 3.64. The molecule has 0 atom stereocenters. The van der Waals surface area contributed by atoms with Crippen LogP contribution in [-0.2, 0) is 14.3 Å². The van der Waals surface area contributed by atoms with E-state index in [2.05, 4.69) is 4.74 Å². The molecule has 1 fully saturated rings. The van der Waals surface area contributed by atoms with Crippen LogP contribution in [0.5, 0.6) is 0 Å². The Bertz CT molecular complexity index is 651. The minimum atomic E-state index is -0.856. The predicted molar refractivity (Wildman–Crippen MR) is 71.0 cm³/mol. The average molecular weight is 292 g/mol.